The summed E-state index contributed by atoms with van der Waals surface area (Å²) in [5.74, 6) is -0.0780. The third-order valence-electron chi connectivity index (χ3n) is 4.29. The lowest BCUT2D eigenvalue weighted by Gasteiger charge is -2.13. The predicted octanol–water partition coefficient (Wildman–Crippen LogP) is 3.22. The first-order chi connectivity index (χ1) is 13.5. The van der Waals surface area contributed by atoms with E-state index < -0.39 is 6.10 Å². The molecule has 0 aliphatic rings. The van der Waals surface area contributed by atoms with E-state index in [4.69, 9.17) is 5.73 Å². The van der Waals surface area contributed by atoms with E-state index in [2.05, 4.69) is 15.6 Å². The van der Waals surface area contributed by atoms with E-state index >= 15 is 0 Å². The molecule has 146 valence electrons. The summed E-state index contributed by atoms with van der Waals surface area (Å²) in [5.41, 5.74) is 10.3. The Labute approximate surface area is 168 Å². The first kappa shape index (κ1) is 20.0. The average molecular weight is 397 g/mol. The Kier molecular flexibility index (Phi) is 6.76. The van der Waals surface area contributed by atoms with Crippen molar-refractivity contribution in [3.05, 3.63) is 65.0 Å². The molecule has 3 aromatic rings. The van der Waals surface area contributed by atoms with Crippen molar-refractivity contribution in [2.45, 2.75) is 19.4 Å². The van der Waals surface area contributed by atoms with Crippen LogP contribution < -0.4 is 16.4 Å². The summed E-state index contributed by atoms with van der Waals surface area (Å²) in [6, 6.07) is 15.5. The van der Waals surface area contributed by atoms with Gasteiger partial charge >= 0.3 is 0 Å². The number of hydrogen-bond acceptors (Lipinski definition) is 6. The third kappa shape index (κ3) is 5.63. The number of hydrogen-bond donors (Lipinski definition) is 4. The highest BCUT2D eigenvalue weighted by molar-refractivity contribution is 7.13. The maximum absolute atomic E-state index is 11.0. The number of nitrogens with zero attached hydrogens (tertiary/aromatic N) is 1. The van der Waals surface area contributed by atoms with Crippen molar-refractivity contribution in [3.8, 4) is 11.3 Å². The highest BCUT2D eigenvalue weighted by atomic mass is 32.1. The minimum absolute atomic E-state index is 0.0780. The summed E-state index contributed by atoms with van der Waals surface area (Å²) in [4.78, 5) is 15.3. The molecule has 1 aromatic heterocycles. The van der Waals surface area contributed by atoms with Crippen molar-refractivity contribution in [2.24, 2.45) is 0 Å². The van der Waals surface area contributed by atoms with Gasteiger partial charge in [0.1, 0.15) is 0 Å². The Morgan fingerprint density at radius 3 is 2.71 bits per heavy atom. The van der Waals surface area contributed by atoms with Gasteiger partial charge in [0.05, 0.1) is 11.8 Å². The van der Waals surface area contributed by atoms with Gasteiger partial charge < -0.3 is 21.5 Å². The second-order valence-electron chi connectivity index (χ2n) is 6.54. The van der Waals surface area contributed by atoms with Gasteiger partial charge in [0.25, 0.3) is 0 Å². The van der Waals surface area contributed by atoms with E-state index in [0.717, 1.165) is 35.5 Å². The van der Waals surface area contributed by atoms with Crippen LogP contribution in [0.3, 0.4) is 0 Å². The molecule has 6 nitrogen and oxygen atoms in total. The van der Waals surface area contributed by atoms with Gasteiger partial charge in [0, 0.05) is 30.1 Å². The van der Waals surface area contributed by atoms with E-state index in [1.54, 1.807) is 0 Å². The van der Waals surface area contributed by atoms with Crippen LogP contribution in [0.25, 0.3) is 11.3 Å². The van der Waals surface area contributed by atoms with Crippen molar-refractivity contribution in [1.82, 2.24) is 10.3 Å². The average Bonchev–Trinajstić information content (AvgIpc) is 3.12. The second kappa shape index (κ2) is 9.45. The zero-order valence-electron chi connectivity index (χ0n) is 15.7. The molecule has 28 heavy (non-hydrogen) atoms. The molecular weight excluding hydrogens is 372 g/mol. The van der Waals surface area contributed by atoms with E-state index in [1.165, 1.54) is 23.8 Å². The Bertz CT molecular complexity index is 924. The van der Waals surface area contributed by atoms with Gasteiger partial charge in [-0.2, -0.15) is 0 Å². The normalized spacial score (nSPS) is 11.9. The van der Waals surface area contributed by atoms with Crippen molar-refractivity contribution >= 4 is 28.1 Å². The minimum Gasteiger partial charge on any atom is -0.387 e. The van der Waals surface area contributed by atoms with Gasteiger partial charge in [-0.15, -0.1) is 11.3 Å². The van der Waals surface area contributed by atoms with Gasteiger partial charge in [-0.25, -0.2) is 4.98 Å². The van der Waals surface area contributed by atoms with Crippen LogP contribution in [0.15, 0.2) is 53.9 Å². The Morgan fingerprint density at radius 2 is 2.04 bits per heavy atom. The fourth-order valence-corrected chi connectivity index (χ4v) is 3.45. The van der Waals surface area contributed by atoms with Crippen LogP contribution in [0.2, 0.25) is 0 Å². The summed E-state index contributed by atoms with van der Waals surface area (Å²) in [5, 5.41) is 19.0. The molecule has 0 saturated carbocycles. The van der Waals surface area contributed by atoms with Crippen LogP contribution in [0.1, 0.15) is 24.2 Å². The number of carbonyl (C=O) groups is 1. The lowest BCUT2D eigenvalue weighted by molar-refractivity contribution is -0.114. The fraction of sp³-hybridized carbons (Fsp3) is 0.238. The molecule has 0 saturated heterocycles. The van der Waals surface area contributed by atoms with Crippen LogP contribution in [0.4, 0.5) is 10.8 Å². The Balaban J connectivity index is 1.48. The smallest absolute Gasteiger partial charge is 0.221 e. The molecule has 1 heterocycles. The molecule has 5 N–H and O–H groups in total. The van der Waals surface area contributed by atoms with Gasteiger partial charge in [-0.1, -0.05) is 30.3 Å². The molecule has 0 bridgehead atoms. The quantitative estimate of drug-likeness (QED) is 0.438. The molecule has 0 spiro atoms. The second-order valence-corrected chi connectivity index (χ2v) is 7.43. The van der Waals surface area contributed by atoms with Crippen LogP contribution >= 0.6 is 11.3 Å². The molecule has 0 unspecified atom stereocenters. The number of nitrogen functional groups attached to an aromatic ring is 1. The summed E-state index contributed by atoms with van der Waals surface area (Å²) in [6.45, 7) is 2.71. The lowest BCUT2D eigenvalue weighted by atomic mass is 10.0. The SMILES string of the molecule is CC(=O)Nc1ccc(CCNC[C@H](O)c2cccc(-c3csc(N)n3)c2)cc1. The Hall–Kier alpha value is -2.74. The summed E-state index contributed by atoms with van der Waals surface area (Å²) in [7, 11) is 0. The molecule has 0 fully saturated rings. The number of nitrogens with two attached hydrogens (primary N) is 1. The van der Waals surface area contributed by atoms with Crippen LogP contribution in [0, 0.1) is 0 Å². The van der Waals surface area contributed by atoms with Gasteiger partial charge in [0.15, 0.2) is 5.13 Å². The van der Waals surface area contributed by atoms with Crippen LogP contribution in [-0.2, 0) is 11.2 Å². The topological polar surface area (TPSA) is 100 Å². The fourth-order valence-electron chi connectivity index (χ4n) is 2.87. The summed E-state index contributed by atoms with van der Waals surface area (Å²) >= 11 is 1.40. The predicted molar refractivity (Wildman–Crippen MR) is 114 cm³/mol. The molecule has 1 amide bonds. The first-order valence-corrected chi connectivity index (χ1v) is 9.96. The maximum atomic E-state index is 11.0. The summed E-state index contributed by atoms with van der Waals surface area (Å²) in [6.07, 6.45) is 0.239. The highest BCUT2D eigenvalue weighted by Crippen LogP contribution is 2.25. The van der Waals surface area contributed by atoms with Gasteiger partial charge in [-0.05, 0) is 42.3 Å². The standard InChI is InChI=1S/C21H24N4O2S/c1-14(26)24-18-7-5-15(6-8-18)9-10-23-12-20(27)17-4-2-3-16(11-17)19-13-28-21(22)25-19/h2-8,11,13,20,23,27H,9-10,12H2,1H3,(H2,22,25)(H,24,26)/t20-/m0/s1. The largest absolute Gasteiger partial charge is 0.387 e. The summed E-state index contributed by atoms with van der Waals surface area (Å²) < 4.78 is 0. The maximum Gasteiger partial charge on any atom is 0.221 e. The van der Waals surface area contributed by atoms with E-state index in [-0.39, 0.29) is 5.91 Å². The lowest BCUT2D eigenvalue weighted by Crippen LogP contribution is -2.23. The van der Waals surface area contributed by atoms with Crippen LogP contribution in [0.5, 0.6) is 0 Å². The van der Waals surface area contributed by atoms with E-state index in [0.29, 0.717) is 11.7 Å². The number of nitrogens with one attached hydrogen (secondary N) is 2. The van der Waals surface area contributed by atoms with Gasteiger partial charge in [-0.3, -0.25) is 4.79 Å². The molecule has 0 radical (unpaired) electrons. The number of aliphatic hydroxyl groups is 1. The zero-order chi connectivity index (χ0) is 19.9. The van der Waals surface area contributed by atoms with Crippen molar-refractivity contribution in [1.29, 1.82) is 0 Å². The number of benzene rings is 2. The van der Waals surface area contributed by atoms with Crippen molar-refractivity contribution in [2.75, 3.05) is 24.1 Å². The number of amides is 1. The van der Waals surface area contributed by atoms with Crippen molar-refractivity contribution < 1.29 is 9.90 Å². The first-order valence-electron chi connectivity index (χ1n) is 9.08. The number of rotatable bonds is 8. The van der Waals surface area contributed by atoms with Crippen molar-refractivity contribution in [3.63, 3.8) is 0 Å². The monoisotopic (exact) mass is 396 g/mol. The van der Waals surface area contributed by atoms with E-state index in [9.17, 15) is 9.90 Å². The molecular formula is C21H24N4O2S. The number of anilines is 2. The molecule has 7 heteroatoms. The molecule has 0 aliphatic heterocycles. The van der Waals surface area contributed by atoms with E-state index in [1.807, 2.05) is 53.9 Å². The molecule has 3 rings (SSSR count). The third-order valence-corrected chi connectivity index (χ3v) is 4.97. The number of carbonyl (C=O) groups excluding carboxylic acids is 1. The number of aliphatic hydroxyl groups excluding tert-OH is 1. The highest BCUT2D eigenvalue weighted by Gasteiger charge is 2.10. The molecule has 1 atom stereocenters. The molecule has 0 aliphatic carbocycles. The minimum atomic E-state index is -0.599. The number of aromatic nitrogens is 1. The van der Waals surface area contributed by atoms with Gasteiger partial charge in [0.2, 0.25) is 5.91 Å². The number of thiazole rings is 1. The molecule has 2 aromatic carbocycles. The van der Waals surface area contributed by atoms with Crippen LogP contribution in [-0.4, -0.2) is 29.1 Å². The zero-order valence-corrected chi connectivity index (χ0v) is 16.5. The Morgan fingerprint density at radius 1 is 1.25 bits per heavy atom.